The van der Waals surface area contributed by atoms with Crippen LogP contribution in [0.15, 0.2) is 115 Å². The number of nitrogens with one attached hydrogen (secondary N) is 1. The largest absolute Gasteiger partial charge is 0.497 e. The molecular weight excluding hydrogens is 613 g/mol. The molecule has 4 atom stereocenters. The lowest BCUT2D eigenvalue weighted by atomic mass is 9.91. The molecule has 1 aliphatic heterocycles. The average molecular weight is 649 g/mol. The van der Waals surface area contributed by atoms with Gasteiger partial charge in [-0.05, 0) is 41.0 Å². The number of carbonyl (C=O) groups is 2. The number of benzene rings is 4. The van der Waals surface area contributed by atoms with Crippen molar-refractivity contribution in [2.24, 2.45) is 0 Å². The van der Waals surface area contributed by atoms with Crippen LogP contribution in [0.3, 0.4) is 0 Å². The standard InChI is InChI=1S/C36H35F3N2O6/c1-44-29-19-17-28(18-20-29)40-34(42)31-33(47-24-27-15-9-4-10-16-27)32(46-23-26-13-7-3-8-14-26)30(21-41(31)35(43)36(37,38)39)45-22-25-11-5-2-6-12-25/h2-20,30-33H,21-24H2,1H3,(H,40,42)/t30-,31+,32-,33-/m1/s1. The van der Waals surface area contributed by atoms with Gasteiger partial charge in [0.15, 0.2) is 0 Å². The number of methoxy groups -OCH3 is 1. The number of hydrogen-bond acceptors (Lipinski definition) is 6. The number of anilines is 1. The number of likely N-dealkylation sites (tertiary alicyclic amines) is 1. The molecule has 246 valence electrons. The van der Waals surface area contributed by atoms with Crippen molar-refractivity contribution in [3.63, 3.8) is 0 Å². The normalized spacial score (nSPS) is 19.6. The molecule has 0 unspecified atom stereocenters. The molecule has 0 spiro atoms. The van der Waals surface area contributed by atoms with Crippen LogP contribution in [0.1, 0.15) is 16.7 Å². The monoisotopic (exact) mass is 648 g/mol. The molecule has 0 bridgehead atoms. The Labute approximate surface area is 271 Å². The Morgan fingerprint density at radius 3 is 1.64 bits per heavy atom. The maximum Gasteiger partial charge on any atom is 0.471 e. The Kier molecular flexibility index (Phi) is 11.3. The van der Waals surface area contributed by atoms with Gasteiger partial charge in [-0.1, -0.05) is 91.0 Å². The molecule has 1 heterocycles. The summed E-state index contributed by atoms with van der Waals surface area (Å²) in [5.74, 6) is -2.54. The summed E-state index contributed by atoms with van der Waals surface area (Å²) >= 11 is 0. The van der Waals surface area contributed by atoms with Gasteiger partial charge in [0, 0.05) is 5.69 Å². The van der Waals surface area contributed by atoms with Crippen molar-refractivity contribution in [3.8, 4) is 5.75 Å². The fraction of sp³-hybridized carbons (Fsp3) is 0.278. The van der Waals surface area contributed by atoms with Gasteiger partial charge in [0.25, 0.3) is 0 Å². The first-order valence-electron chi connectivity index (χ1n) is 15.0. The molecule has 0 saturated carbocycles. The van der Waals surface area contributed by atoms with E-state index in [9.17, 15) is 22.8 Å². The number of alkyl halides is 3. The number of nitrogens with zero attached hydrogens (tertiary/aromatic N) is 1. The van der Waals surface area contributed by atoms with Gasteiger partial charge in [0.2, 0.25) is 5.91 Å². The molecule has 4 aromatic rings. The molecule has 2 amide bonds. The van der Waals surface area contributed by atoms with Crippen LogP contribution in [0.2, 0.25) is 0 Å². The lowest BCUT2D eigenvalue weighted by molar-refractivity contribution is -0.222. The maximum absolute atomic E-state index is 14.2. The first-order valence-corrected chi connectivity index (χ1v) is 15.0. The third-order valence-electron chi connectivity index (χ3n) is 7.72. The van der Waals surface area contributed by atoms with E-state index in [0.29, 0.717) is 21.9 Å². The fourth-order valence-electron chi connectivity index (χ4n) is 5.38. The second kappa shape index (κ2) is 15.7. The van der Waals surface area contributed by atoms with E-state index in [1.165, 1.54) is 7.11 Å². The number of rotatable bonds is 12. The molecule has 4 aromatic carbocycles. The second-order valence-electron chi connectivity index (χ2n) is 11.0. The number of carbonyl (C=O) groups excluding carboxylic acids is 2. The average Bonchev–Trinajstić information content (AvgIpc) is 3.09. The third-order valence-corrected chi connectivity index (χ3v) is 7.72. The highest BCUT2D eigenvalue weighted by Gasteiger charge is 2.55. The zero-order valence-corrected chi connectivity index (χ0v) is 25.6. The van der Waals surface area contributed by atoms with Crippen LogP contribution in [0.4, 0.5) is 18.9 Å². The van der Waals surface area contributed by atoms with Gasteiger partial charge in [-0.25, -0.2) is 0 Å². The minimum atomic E-state index is -5.27. The maximum atomic E-state index is 14.2. The van der Waals surface area contributed by atoms with E-state index in [0.717, 1.165) is 11.1 Å². The van der Waals surface area contributed by atoms with Crippen LogP contribution < -0.4 is 10.1 Å². The van der Waals surface area contributed by atoms with Crippen LogP contribution in [0, 0.1) is 0 Å². The quantitative estimate of drug-likeness (QED) is 0.198. The van der Waals surface area contributed by atoms with Gasteiger partial charge >= 0.3 is 12.1 Å². The highest BCUT2D eigenvalue weighted by molar-refractivity contribution is 5.98. The molecule has 1 fully saturated rings. The van der Waals surface area contributed by atoms with Crippen LogP contribution in [0.25, 0.3) is 0 Å². The Morgan fingerprint density at radius 1 is 0.702 bits per heavy atom. The molecule has 1 saturated heterocycles. The van der Waals surface area contributed by atoms with E-state index >= 15 is 0 Å². The topological polar surface area (TPSA) is 86.3 Å². The summed E-state index contributed by atoms with van der Waals surface area (Å²) in [5.41, 5.74) is 2.57. The van der Waals surface area contributed by atoms with Crippen LogP contribution in [-0.2, 0) is 43.6 Å². The lowest BCUT2D eigenvalue weighted by Gasteiger charge is -2.47. The summed E-state index contributed by atoms with van der Waals surface area (Å²) in [6.45, 7) is -0.556. The van der Waals surface area contributed by atoms with Crippen molar-refractivity contribution < 1.29 is 41.7 Å². The highest BCUT2D eigenvalue weighted by atomic mass is 19.4. The summed E-state index contributed by atoms with van der Waals surface area (Å²) in [6.07, 6.45) is -8.77. The molecule has 1 N–H and O–H groups in total. The summed E-state index contributed by atoms with van der Waals surface area (Å²) in [5, 5.41) is 2.66. The third kappa shape index (κ3) is 8.97. The Hall–Kier alpha value is -4.71. The molecule has 47 heavy (non-hydrogen) atoms. The number of amides is 2. The first kappa shape index (κ1) is 33.6. The van der Waals surface area contributed by atoms with Gasteiger partial charge in [0.05, 0.1) is 33.5 Å². The van der Waals surface area contributed by atoms with Gasteiger partial charge in [-0.15, -0.1) is 0 Å². The van der Waals surface area contributed by atoms with Gasteiger partial charge in [-0.2, -0.15) is 13.2 Å². The SMILES string of the molecule is COc1ccc(NC(=O)[C@@H]2[C@@H](OCc3ccccc3)[C@H](OCc3ccccc3)[C@H](OCc3ccccc3)CN2C(=O)C(F)(F)F)cc1. The van der Waals surface area contributed by atoms with E-state index in [4.69, 9.17) is 18.9 Å². The molecule has 0 radical (unpaired) electrons. The summed E-state index contributed by atoms with van der Waals surface area (Å²) in [7, 11) is 1.48. The molecule has 0 aliphatic carbocycles. The zero-order valence-electron chi connectivity index (χ0n) is 25.6. The van der Waals surface area contributed by atoms with Crippen LogP contribution in [-0.4, -0.2) is 60.9 Å². The van der Waals surface area contributed by atoms with E-state index in [-0.39, 0.29) is 19.8 Å². The predicted octanol–water partition coefficient (Wildman–Crippen LogP) is 6.16. The van der Waals surface area contributed by atoms with Crippen LogP contribution >= 0.6 is 0 Å². The van der Waals surface area contributed by atoms with Crippen molar-refractivity contribution >= 4 is 17.5 Å². The Bertz CT molecular complexity index is 1570. The lowest BCUT2D eigenvalue weighted by Crippen LogP contribution is -2.69. The smallest absolute Gasteiger partial charge is 0.471 e. The van der Waals surface area contributed by atoms with Gasteiger partial charge < -0.3 is 29.2 Å². The highest BCUT2D eigenvalue weighted by Crippen LogP contribution is 2.33. The molecule has 0 aromatic heterocycles. The summed E-state index contributed by atoms with van der Waals surface area (Å²) < 4.78 is 66.5. The van der Waals surface area contributed by atoms with Crippen molar-refractivity contribution in [1.82, 2.24) is 4.90 Å². The van der Waals surface area contributed by atoms with E-state index in [1.54, 1.807) is 48.5 Å². The van der Waals surface area contributed by atoms with Crippen LogP contribution in [0.5, 0.6) is 5.75 Å². The number of ether oxygens (including phenoxy) is 4. The predicted molar refractivity (Wildman–Crippen MR) is 168 cm³/mol. The molecule has 11 heteroatoms. The van der Waals surface area contributed by atoms with E-state index < -0.39 is 48.9 Å². The van der Waals surface area contributed by atoms with Crippen molar-refractivity contribution in [3.05, 3.63) is 132 Å². The zero-order chi connectivity index (χ0) is 33.2. The minimum absolute atomic E-state index is 0.0267. The molecular formula is C36H35F3N2O6. The van der Waals surface area contributed by atoms with Gasteiger partial charge in [0.1, 0.15) is 30.1 Å². The van der Waals surface area contributed by atoms with Crippen molar-refractivity contribution in [1.29, 1.82) is 0 Å². The fourth-order valence-corrected chi connectivity index (χ4v) is 5.38. The van der Waals surface area contributed by atoms with Gasteiger partial charge in [-0.3, -0.25) is 9.59 Å². The second-order valence-corrected chi connectivity index (χ2v) is 11.0. The number of halogens is 3. The summed E-state index contributed by atoms with van der Waals surface area (Å²) in [4.78, 5) is 27.6. The minimum Gasteiger partial charge on any atom is -0.497 e. The Balaban J connectivity index is 1.54. The summed E-state index contributed by atoms with van der Waals surface area (Å²) in [6, 6.07) is 31.8. The first-order chi connectivity index (χ1) is 22.7. The molecule has 1 aliphatic rings. The molecule has 5 rings (SSSR count). The van der Waals surface area contributed by atoms with Crippen molar-refractivity contribution in [2.75, 3.05) is 19.0 Å². The Morgan fingerprint density at radius 2 is 1.17 bits per heavy atom. The van der Waals surface area contributed by atoms with E-state index in [2.05, 4.69) is 5.32 Å². The van der Waals surface area contributed by atoms with E-state index in [1.807, 2.05) is 66.7 Å². The van der Waals surface area contributed by atoms with Crippen molar-refractivity contribution in [2.45, 2.75) is 50.4 Å². The number of piperidine rings is 1. The molecule has 8 nitrogen and oxygen atoms in total. The number of hydrogen-bond donors (Lipinski definition) is 1.